The molecule has 2 aliphatic rings. The highest BCUT2D eigenvalue weighted by Crippen LogP contribution is 2.26. The van der Waals surface area contributed by atoms with Crippen LogP contribution < -0.4 is 5.32 Å². The Kier molecular flexibility index (Phi) is 6.51. The lowest BCUT2D eigenvalue weighted by atomic mass is 9.86. The first-order valence-electron chi connectivity index (χ1n) is 10.2. The van der Waals surface area contributed by atoms with Gasteiger partial charge in [0, 0.05) is 50.9 Å². The zero-order valence-electron chi connectivity index (χ0n) is 16.0. The maximum atomic E-state index is 12.3. The van der Waals surface area contributed by atoms with Crippen LogP contribution in [-0.4, -0.2) is 39.7 Å². The second kappa shape index (κ2) is 8.84. The summed E-state index contributed by atoms with van der Waals surface area (Å²) in [6.45, 7) is 5.28. The van der Waals surface area contributed by atoms with Gasteiger partial charge in [-0.1, -0.05) is 26.2 Å². The monoisotopic (exact) mass is 346 g/mol. The van der Waals surface area contributed by atoms with Crippen LogP contribution in [0.2, 0.25) is 0 Å². The third-order valence-electron chi connectivity index (χ3n) is 5.87. The molecule has 25 heavy (non-hydrogen) atoms. The number of amides is 1. The molecule has 1 aromatic rings. The second-order valence-electron chi connectivity index (χ2n) is 7.95. The minimum absolute atomic E-state index is 0.283. The Labute approximate surface area is 152 Å². The lowest BCUT2D eigenvalue weighted by Crippen LogP contribution is -2.44. The van der Waals surface area contributed by atoms with Gasteiger partial charge < -0.3 is 5.32 Å². The van der Waals surface area contributed by atoms with Gasteiger partial charge in [-0.25, -0.2) is 0 Å². The molecular weight excluding hydrogens is 312 g/mol. The predicted molar refractivity (Wildman–Crippen MR) is 100 cm³/mol. The zero-order chi connectivity index (χ0) is 17.6. The Morgan fingerprint density at radius 3 is 2.60 bits per heavy atom. The van der Waals surface area contributed by atoms with Crippen LogP contribution in [-0.2, 0) is 24.8 Å². The highest BCUT2D eigenvalue weighted by atomic mass is 16.1. The minimum Gasteiger partial charge on any atom is -0.353 e. The lowest BCUT2D eigenvalue weighted by Gasteiger charge is -2.32. The first-order chi connectivity index (χ1) is 12.1. The van der Waals surface area contributed by atoms with Crippen molar-refractivity contribution in [3.05, 3.63) is 17.5 Å². The van der Waals surface area contributed by atoms with Gasteiger partial charge in [0.25, 0.3) is 0 Å². The van der Waals surface area contributed by atoms with Crippen molar-refractivity contribution in [1.82, 2.24) is 20.0 Å². The molecule has 140 valence electrons. The minimum atomic E-state index is 0.283. The summed E-state index contributed by atoms with van der Waals surface area (Å²) in [6, 6.07) is 0.367. The normalized spacial score (nSPS) is 20.7. The van der Waals surface area contributed by atoms with Crippen molar-refractivity contribution in [3.63, 3.8) is 0 Å². The maximum absolute atomic E-state index is 12.3. The number of aromatic nitrogens is 2. The zero-order valence-corrected chi connectivity index (χ0v) is 16.0. The number of carbonyl (C=O) groups excluding carboxylic acids is 1. The molecule has 1 N–H and O–H groups in total. The van der Waals surface area contributed by atoms with E-state index < -0.39 is 0 Å². The van der Waals surface area contributed by atoms with E-state index in [-0.39, 0.29) is 5.91 Å². The molecule has 1 saturated carbocycles. The average molecular weight is 347 g/mol. The number of aryl methyl sites for hydroxylation is 2. The molecule has 1 aliphatic carbocycles. The molecule has 1 aromatic heterocycles. The molecule has 5 nitrogen and oxygen atoms in total. The number of nitrogens with zero attached hydrogens (tertiary/aromatic N) is 3. The molecular formula is C20H34N4O. The van der Waals surface area contributed by atoms with Gasteiger partial charge in [0.15, 0.2) is 0 Å². The first kappa shape index (κ1) is 18.4. The number of carbonyl (C=O) groups is 1. The highest BCUT2D eigenvalue weighted by molar-refractivity contribution is 5.76. The van der Waals surface area contributed by atoms with Gasteiger partial charge in [0.1, 0.15) is 0 Å². The number of likely N-dealkylation sites (tertiary alicyclic amines) is 1. The third kappa shape index (κ3) is 5.30. The van der Waals surface area contributed by atoms with E-state index >= 15 is 0 Å². The Hall–Kier alpha value is -1.36. The first-order valence-corrected chi connectivity index (χ1v) is 10.2. The molecule has 1 saturated heterocycles. The van der Waals surface area contributed by atoms with E-state index in [2.05, 4.69) is 28.4 Å². The Morgan fingerprint density at radius 2 is 1.92 bits per heavy atom. The van der Waals surface area contributed by atoms with Crippen LogP contribution in [0, 0.1) is 5.92 Å². The van der Waals surface area contributed by atoms with Crippen molar-refractivity contribution in [3.8, 4) is 0 Å². The van der Waals surface area contributed by atoms with Crippen LogP contribution in [0.5, 0.6) is 0 Å². The summed E-state index contributed by atoms with van der Waals surface area (Å²) in [4.78, 5) is 14.8. The number of hydrogen-bond donors (Lipinski definition) is 1. The quantitative estimate of drug-likeness (QED) is 0.861. The van der Waals surface area contributed by atoms with E-state index in [9.17, 15) is 4.79 Å². The molecule has 1 amide bonds. The molecule has 0 bridgehead atoms. The van der Waals surface area contributed by atoms with Crippen LogP contribution in [0.3, 0.4) is 0 Å². The fraction of sp³-hybridized carbons (Fsp3) is 0.800. The second-order valence-corrected chi connectivity index (χ2v) is 7.95. The lowest BCUT2D eigenvalue weighted by molar-refractivity contribution is -0.123. The third-order valence-corrected chi connectivity index (χ3v) is 5.87. The smallest absolute Gasteiger partial charge is 0.220 e. The van der Waals surface area contributed by atoms with Gasteiger partial charge in [0.2, 0.25) is 5.91 Å². The Morgan fingerprint density at radius 1 is 1.20 bits per heavy atom. The van der Waals surface area contributed by atoms with E-state index in [4.69, 9.17) is 0 Å². The summed E-state index contributed by atoms with van der Waals surface area (Å²) < 4.78 is 1.92. The molecule has 2 fully saturated rings. The molecule has 1 aliphatic heterocycles. The molecule has 5 heteroatoms. The summed E-state index contributed by atoms with van der Waals surface area (Å²) in [6.07, 6.45) is 12.5. The van der Waals surface area contributed by atoms with E-state index in [0.717, 1.165) is 45.3 Å². The number of hydrogen-bond acceptors (Lipinski definition) is 3. The van der Waals surface area contributed by atoms with Crippen LogP contribution in [0.15, 0.2) is 6.20 Å². The molecule has 0 atom stereocenters. The molecule has 0 unspecified atom stereocenters. The van der Waals surface area contributed by atoms with Crippen LogP contribution in [0.25, 0.3) is 0 Å². The predicted octanol–water partition coefficient (Wildman–Crippen LogP) is 3.03. The van der Waals surface area contributed by atoms with Gasteiger partial charge in [-0.3, -0.25) is 14.4 Å². The summed E-state index contributed by atoms with van der Waals surface area (Å²) in [5.41, 5.74) is 2.56. The maximum Gasteiger partial charge on any atom is 0.220 e. The molecule has 2 heterocycles. The van der Waals surface area contributed by atoms with Crippen LogP contribution in [0.1, 0.15) is 69.5 Å². The number of nitrogens with one attached hydrogen (secondary N) is 1. The van der Waals surface area contributed by atoms with Crippen molar-refractivity contribution >= 4 is 5.91 Å². The number of piperidine rings is 1. The molecule has 0 aromatic carbocycles. The van der Waals surface area contributed by atoms with Crippen molar-refractivity contribution in [1.29, 1.82) is 0 Å². The molecule has 0 spiro atoms. The van der Waals surface area contributed by atoms with E-state index in [1.807, 2.05) is 11.7 Å². The SMILES string of the molecule is CCc1nn(C)cc1CN1CCC(NC(=O)CC2CCCCC2)CC1. The summed E-state index contributed by atoms with van der Waals surface area (Å²) >= 11 is 0. The highest BCUT2D eigenvalue weighted by Gasteiger charge is 2.23. The van der Waals surface area contributed by atoms with Crippen LogP contribution in [0.4, 0.5) is 0 Å². The molecule has 3 rings (SSSR count). The van der Waals surface area contributed by atoms with Crippen molar-refractivity contribution in [2.45, 2.75) is 77.3 Å². The summed E-state index contributed by atoms with van der Waals surface area (Å²) in [5.74, 6) is 0.915. The average Bonchev–Trinajstić information content (AvgIpc) is 2.97. The topological polar surface area (TPSA) is 50.2 Å². The van der Waals surface area contributed by atoms with Crippen molar-refractivity contribution in [2.75, 3.05) is 13.1 Å². The summed E-state index contributed by atoms with van der Waals surface area (Å²) in [5, 5.41) is 7.83. The standard InChI is InChI=1S/C20H34N4O/c1-3-19-17(14-23(2)22-19)15-24-11-9-18(10-12-24)21-20(25)13-16-7-5-4-6-8-16/h14,16,18H,3-13,15H2,1-2H3,(H,21,25). The Balaban J connectivity index is 1.40. The van der Waals surface area contributed by atoms with E-state index in [1.54, 1.807) is 0 Å². The van der Waals surface area contributed by atoms with Gasteiger partial charge in [-0.15, -0.1) is 0 Å². The van der Waals surface area contributed by atoms with E-state index in [1.165, 1.54) is 43.4 Å². The summed E-state index contributed by atoms with van der Waals surface area (Å²) in [7, 11) is 2.00. The van der Waals surface area contributed by atoms with Gasteiger partial charge in [-0.05, 0) is 38.0 Å². The fourth-order valence-corrected chi connectivity index (χ4v) is 4.43. The largest absolute Gasteiger partial charge is 0.353 e. The molecule has 0 radical (unpaired) electrons. The Bertz CT molecular complexity index is 554. The van der Waals surface area contributed by atoms with E-state index in [0.29, 0.717) is 12.0 Å². The van der Waals surface area contributed by atoms with Gasteiger partial charge in [0.05, 0.1) is 5.69 Å². The fourth-order valence-electron chi connectivity index (χ4n) is 4.43. The van der Waals surface area contributed by atoms with Crippen LogP contribution >= 0.6 is 0 Å². The van der Waals surface area contributed by atoms with Gasteiger partial charge in [-0.2, -0.15) is 5.10 Å². The van der Waals surface area contributed by atoms with Crippen molar-refractivity contribution in [2.24, 2.45) is 13.0 Å². The van der Waals surface area contributed by atoms with Crippen molar-refractivity contribution < 1.29 is 4.79 Å². The van der Waals surface area contributed by atoms with Gasteiger partial charge >= 0.3 is 0 Å². The number of rotatable bonds is 6.